The number of rotatable bonds is 5. The van der Waals surface area contributed by atoms with Gasteiger partial charge in [-0.05, 0) is 47.9 Å². The van der Waals surface area contributed by atoms with Gasteiger partial charge < -0.3 is 9.80 Å². The van der Waals surface area contributed by atoms with Crippen LogP contribution < -0.4 is 0 Å². The predicted octanol–water partition coefficient (Wildman–Crippen LogP) is 3.81. The number of halogens is 1. The molecule has 3 saturated heterocycles. The number of hydrogen-bond acceptors (Lipinski definition) is 3. The van der Waals surface area contributed by atoms with Crippen LogP contribution in [0.15, 0.2) is 54.6 Å². The number of hydrogen-bond donors (Lipinski definition) is 0. The Morgan fingerprint density at radius 2 is 1.53 bits per heavy atom. The van der Waals surface area contributed by atoms with Crippen LogP contribution in [-0.2, 0) is 22.7 Å². The Morgan fingerprint density at radius 3 is 2.22 bits per heavy atom. The number of piperidine rings is 2. The van der Waals surface area contributed by atoms with E-state index in [0.29, 0.717) is 36.2 Å². The zero-order valence-corrected chi connectivity index (χ0v) is 19.1. The Hall–Kier alpha value is -2.37. The predicted molar refractivity (Wildman–Crippen MR) is 125 cm³/mol. The lowest BCUT2D eigenvalue weighted by atomic mass is 9.84. The van der Waals surface area contributed by atoms with Crippen molar-refractivity contribution in [2.75, 3.05) is 26.2 Å². The van der Waals surface area contributed by atoms with E-state index in [-0.39, 0.29) is 17.9 Å². The van der Waals surface area contributed by atoms with Crippen molar-refractivity contribution in [1.29, 1.82) is 0 Å². The number of carbonyl (C=O) groups is 2. The molecule has 3 heterocycles. The molecule has 5 nitrogen and oxygen atoms in total. The summed E-state index contributed by atoms with van der Waals surface area (Å²) in [6, 6.07) is 17.8. The van der Waals surface area contributed by atoms with Crippen molar-refractivity contribution in [3.63, 3.8) is 0 Å². The van der Waals surface area contributed by atoms with Crippen LogP contribution in [0.1, 0.15) is 30.4 Å². The molecule has 32 heavy (non-hydrogen) atoms. The first-order chi connectivity index (χ1) is 15.5. The molecule has 0 N–H and O–H groups in total. The smallest absolute Gasteiger partial charge is 0.245 e. The number of carbonyl (C=O) groups excluding carboxylic acids is 2. The highest BCUT2D eigenvalue weighted by Crippen LogP contribution is 2.32. The Balaban J connectivity index is 1.22. The van der Waals surface area contributed by atoms with Crippen molar-refractivity contribution in [1.82, 2.24) is 14.7 Å². The van der Waals surface area contributed by atoms with E-state index in [4.69, 9.17) is 11.6 Å². The van der Waals surface area contributed by atoms with Crippen molar-refractivity contribution in [3.05, 3.63) is 70.7 Å². The van der Waals surface area contributed by atoms with Crippen molar-refractivity contribution < 1.29 is 9.59 Å². The number of nitrogens with zero attached hydrogens (tertiary/aromatic N) is 3. The number of benzene rings is 2. The van der Waals surface area contributed by atoms with E-state index in [9.17, 15) is 9.59 Å². The van der Waals surface area contributed by atoms with Crippen LogP contribution in [0.4, 0.5) is 0 Å². The molecule has 6 heteroatoms. The second-order valence-electron chi connectivity index (χ2n) is 9.59. The summed E-state index contributed by atoms with van der Waals surface area (Å²) >= 11 is 5.99. The van der Waals surface area contributed by atoms with Crippen molar-refractivity contribution in [2.24, 2.45) is 11.8 Å². The maximum Gasteiger partial charge on any atom is 0.245 e. The average molecular weight is 452 g/mol. The number of likely N-dealkylation sites (tertiary alicyclic amines) is 3. The fraction of sp³-hybridized carbons (Fsp3) is 0.462. The molecule has 2 aromatic rings. The van der Waals surface area contributed by atoms with Crippen LogP contribution in [0, 0.1) is 11.8 Å². The summed E-state index contributed by atoms with van der Waals surface area (Å²) in [5, 5.41) is 0.676. The van der Waals surface area contributed by atoms with Gasteiger partial charge in [0.15, 0.2) is 0 Å². The molecule has 2 aromatic carbocycles. The molecule has 5 rings (SSSR count). The lowest BCUT2D eigenvalue weighted by Crippen LogP contribution is -2.57. The van der Waals surface area contributed by atoms with Gasteiger partial charge in [-0.2, -0.15) is 0 Å². The molecule has 2 bridgehead atoms. The molecule has 0 spiro atoms. The first-order valence-corrected chi connectivity index (χ1v) is 12.0. The normalized spacial score (nSPS) is 25.9. The SMILES string of the molecule is O=C([C@@H]1CCC(=O)N1Cc1ccc(Cl)cc1)N1CC2CC(CN(Cc3ccccc3)C2)C1. The second kappa shape index (κ2) is 9.24. The molecule has 3 fully saturated rings. The number of fused-ring (bicyclic) bond motifs is 2. The van der Waals surface area contributed by atoms with E-state index in [1.165, 1.54) is 12.0 Å². The van der Waals surface area contributed by atoms with Gasteiger partial charge in [-0.15, -0.1) is 0 Å². The molecule has 3 aliphatic rings. The van der Waals surface area contributed by atoms with Crippen LogP contribution in [0.2, 0.25) is 5.02 Å². The molecule has 168 valence electrons. The second-order valence-corrected chi connectivity index (χ2v) is 10.0. The summed E-state index contributed by atoms with van der Waals surface area (Å²) in [7, 11) is 0. The van der Waals surface area contributed by atoms with E-state index in [2.05, 4.69) is 40.1 Å². The first-order valence-electron chi connectivity index (χ1n) is 11.6. The van der Waals surface area contributed by atoms with E-state index in [1.54, 1.807) is 4.90 Å². The maximum atomic E-state index is 13.5. The van der Waals surface area contributed by atoms with E-state index in [1.807, 2.05) is 24.3 Å². The Morgan fingerprint density at radius 1 is 0.875 bits per heavy atom. The van der Waals surface area contributed by atoms with E-state index < -0.39 is 0 Å². The number of amides is 2. The van der Waals surface area contributed by atoms with E-state index >= 15 is 0 Å². The summed E-state index contributed by atoms with van der Waals surface area (Å²) in [5.74, 6) is 1.23. The minimum atomic E-state index is -0.336. The Bertz CT molecular complexity index is 951. The quantitative estimate of drug-likeness (QED) is 0.694. The van der Waals surface area contributed by atoms with Crippen molar-refractivity contribution in [2.45, 2.75) is 38.4 Å². The third-order valence-electron chi connectivity index (χ3n) is 7.10. The molecule has 0 radical (unpaired) electrons. The Labute approximate surface area is 194 Å². The molecular weight excluding hydrogens is 422 g/mol. The van der Waals surface area contributed by atoms with E-state index in [0.717, 1.165) is 38.3 Å². The Kier molecular flexibility index (Phi) is 6.20. The zero-order chi connectivity index (χ0) is 22.1. The third-order valence-corrected chi connectivity index (χ3v) is 7.35. The minimum Gasteiger partial charge on any atom is -0.340 e. The summed E-state index contributed by atoms with van der Waals surface area (Å²) in [5.41, 5.74) is 2.36. The molecule has 2 unspecified atom stereocenters. The largest absolute Gasteiger partial charge is 0.340 e. The lowest BCUT2D eigenvalue weighted by molar-refractivity contribution is -0.145. The molecule has 0 aromatic heterocycles. The molecule has 0 saturated carbocycles. The van der Waals surface area contributed by atoms with Gasteiger partial charge in [-0.1, -0.05) is 54.1 Å². The zero-order valence-electron chi connectivity index (χ0n) is 18.3. The standard InChI is InChI=1S/C26H30ClN3O2/c27-23-8-6-20(7-9-23)18-30-24(10-11-25(30)31)26(32)29-16-21-12-22(17-29)15-28(14-21)13-19-4-2-1-3-5-19/h1-9,21-22,24H,10-18H2/t21?,22?,24-/m0/s1. The summed E-state index contributed by atoms with van der Waals surface area (Å²) in [4.78, 5) is 32.5. The fourth-order valence-corrected chi connectivity index (χ4v) is 5.85. The summed E-state index contributed by atoms with van der Waals surface area (Å²) < 4.78 is 0. The first kappa shape index (κ1) is 21.5. The lowest BCUT2D eigenvalue weighted by Gasteiger charge is -2.46. The monoisotopic (exact) mass is 451 g/mol. The minimum absolute atomic E-state index is 0.0736. The van der Waals surface area contributed by atoms with Crippen molar-refractivity contribution >= 4 is 23.4 Å². The highest BCUT2D eigenvalue weighted by atomic mass is 35.5. The fourth-order valence-electron chi connectivity index (χ4n) is 5.72. The molecule has 2 amide bonds. The highest BCUT2D eigenvalue weighted by Gasteiger charge is 2.42. The van der Waals surface area contributed by atoms with Gasteiger partial charge in [0, 0.05) is 50.7 Å². The topological polar surface area (TPSA) is 43.9 Å². The van der Waals surface area contributed by atoms with Crippen molar-refractivity contribution in [3.8, 4) is 0 Å². The van der Waals surface area contributed by atoms with Gasteiger partial charge in [0.25, 0.3) is 0 Å². The van der Waals surface area contributed by atoms with Gasteiger partial charge >= 0.3 is 0 Å². The molecule has 0 aliphatic carbocycles. The van der Waals surface area contributed by atoms with Gasteiger partial charge in [0.1, 0.15) is 6.04 Å². The van der Waals surface area contributed by atoms with Gasteiger partial charge in [0.2, 0.25) is 11.8 Å². The van der Waals surface area contributed by atoms with Crippen LogP contribution >= 0.6 is 11.6 Å². The van der Waals surface area contributed by atoms with Crippen LogP contribution in [0.3, 0.4) is 0 Å². The average Bonchev–Trinajstić information content (AvgIpc) is 3.15. The summed E-state index contributed by atoms with van der Waals surface area (Å²) in [6.45, 7) is 5.13. The molecular formula is C26H30ClN3O2. The highest BCUT2D eigenvalue weighted by molar-refractivity contribution is 6.30. The maximum absolute atomic E-state index is 13.5. The van der Waals surface area contributed by atoms with Gasteiger partial charge in [-0.3, -0.25) is 14.5 Å². The van der Waals surface area contributed by atoms with Crippen LogP contribution in [-0.4, -0.2) is 58.7 Å². The third kappa shape index (κ3) is 4.69. The molecule has 3 atom stereocenters. The van der Waals surface area contributed by atoms with Gasteiger partial charge in [0.05, 0.1) is 0 Å². The van der Waals surface area contributed by atoms with Crippen LogP contribution in [0.25, 0.3) is 0 Å². The van der Waals surface area contributed by atoms with Gasteiger partial charge in [-0.25, -0.2) is 0 Å². The molecule has 3 aliphatic heterocycles. The van der Waals surface area contributed by atoms with Crippen LogP contribution in [0.5, 0.6) is 0 Å². The summed E-state index contributed by atoms with van der Waals surface area (Å²) in [6.07, 6.45) is 2.28.